The van der Waals surface area contributed by atoms with Crippen LogP contribution in [0.2, 0.25) is 0 Å². The number of nitrogens with one attached hydrogen (secondary N) is 1. The zero-order valence-corrected chi connectivity index (χ0v) is 9.41. The zero-order valence-electron chi connectivity index (χ0n) is 8.51. The van der Waals surface area contributed by atoms with Gasteiger partial charge in [0.1, 0.15) is 0 Å². The third-order valence-electron chi connectivity index (χ3n) is 2.17. The van der Waals surface area contributed by atoms with Gasteiger partial charge in [-0.05, 0) is 12.5 Å². The summed E-state index contributed by atoms with van der Waals surface area (Å²) in [5, 5.41) is 13.7. The van der Waals surface area contributed by atoms with Gasteiger partial charge in [0.2, 0.25) is 0 Å². The van der Waals surface area contributed by atoms with Gasteiger partial charge in [0.05, 0.1) is 4.92 Å². The van der Waals surface area contributed by atoms with E-state index in [0.29, 0.717) is 0 Å². The molecule has 0 aromatic heterocycles. The van der Waals surface area contributed by atoms with Gasteiger partial charge in [0.15, 0.2) is 0 Å². The van der Waals surface area contributed by atoms with Crippen LogP contribution in [0.5, 0.6) is 0 Å². The quantitative estimate of drug-likeness (QED) is 0.459. The Labute approximate surface area is 94.2 Å². The maximum atomic E-state index is 10.4. The highest BCUT2D eigenvalue weighted by Crippen LogP contribution is 2.17. The van der Waals surface area contributed by atoms with Crippen molar-refractivity contribution in [1.82, 2.24) is 5.32 Å². The van der Waals surface area contributed by atoms with Gasteiger partial charge in [-0.2, -0.15) is 12.6 Å². The van der Waals surface area contributed by atoms with Crippen LogP contribution in [-0.2, 0) is 0 Å². The predicted octanol–water partition coefficient (Wildman–Crippen LogP) is 2.18. The topological polar surface area (TPSA) is 55.2 Å². The van der Waals surface area contributed by atoms with Crippen molar-refractivity contribution < 1.29 is 4.92 Å². The Morgan fingerprint density at radius 3 is 2.53 bits per heavy atom. The van der Waals surface area contributed by atoms with Gasteiger partial charge in [-0.25, -0.2) is 0 Å². The third-order valence-corrected chi connectivity index (χ3v) is 2.39. The molecule has 0 amide bonds. The summed E-state index contributed by atoms with van der Waals surface area (Å²) in [6, 6.07) is 6.78. The Hall–Kier alpha value is -1.07. The highest BCUT2D eigenvalue weighted by Gasteiger charge is 2.07. The second kappa shape index (κ2) is 5.72. The monoisotopic (exact) mass is 226 g/mol. The van der Waals surface area contributed by atoms with Crippen molar-refractivity contribution in [3.63, 3.8) is 0 Å². The lowest BCUT2D eigenvalue weighted by Gasteiger charge is -2.12. The first-order valence-electron chi connectivity index (χ1n) is 4.73. The van der Waals surface area contributed by atoms with Gasteiger partial charge >= 0.3 is 0 Å². The first-order valence-corrected chi connectivity index (χ1v) is 5.37. The second-order valence-electron chi connectivity index (χ2n) is 3.25. The number of hydrogen-bond acceptors (Lipinski definition) is 4. The minimum absolute atomic E-state index is 0.125. The van der Waals surface area contributed by atoms with E-state index >= 15 is 0 Å². The number of rotatable bonds is 5. The summed E-state index contributed by atoms with van der Waals surface area (Å²) in [7, 11) is 0. The van der Waals surface area contributed by atoms with Gasteiger partial charge in [-0.1, -0.05) is 12.1 Å². The van der Waals surface area contributed by atoms with Crippen LogP contribution in [0.3, 0.4) is 0 Å². The summed E-state index contributed by atoms with van der Waals surface area (Å²) >= 11 is 4.10. The van der Waals surface area contributed by atoms with E-state index in [1.807, 2.05) is 6.92 Å². The van der Waals surface area contributed by atoms with Crippen molar-refractivity contribution >= 4 is 18.3 Å². The molecule has 0 fully saturated rings. The van der Waals surface area contributed by atoms with Crippen molar-refractivity contribution in [3.05, 3.63) is 39.9 Å². The SMILES string of the molecule is CC(NCCS)c1ccc([N+](=O)[O-])cc1. The van der Waals surface area contributed by atoms with Crippen molar-refractivity contribution in [2.24, 2.45) is 0 Å². The van der Waals surface area contributed by atoms with Crippen LogP contribution in [0.1, 0.15) is 18.5 Å². The van der Waals surface area contributed by atoms with Crippen LogP contribution in [0, 0.1) is 10.1 Å². The fourth-order valence-electron chi connectivity index (χ4n) is 1.28. The maximum absolute atomic E-state index is 10.4. The van der Waals surface area contributed by atoms with Crippen LogP contribution in [0.4, 0.5) is 5.69 Å². The van der Waals surface area contributed by atoms with E-state index in [2.05, 4.69) is 17.9 Å². The molecule has 0 aliphatic heterocycles. The number of nitro benzene ring substituents is 1. The molecule has 0 bridgehead atoms. The fourth-order valence-corrected chi connectivity index (χ4v) is 1.41. The van der Waals surface area contributed by atoms with E-state index in [1.165, 1.54) is 12.1 Å². The van der Waals surface area contributed by atoms with E-state index in [0.717, 1.165) is 17.9 Å². The smallest absolute Gasteiger partial charge is 0.269 e. The minimum atomic E-state index is -0.393. The molecule has 1 unspecified atom stereocenters. The molecule has 0 saturated carbocycles. The molecule has 0 aliphatic carbocycles. The first-order chi connectivity index (χ1) is 7.15. The van der Waals surface area contributed by atoms with E-state index in [4.69, 9.17) is 0 Å². The maximum Gasteiger partial charge on any atom is 0.269 e. The third kappa shape index (κ3) is 3.53. The minimum Gasteiger partial charge on any atom is -0.309 e. The van der Waals surface area contributed by atoms with Crippen molar-refractivity contribution in [3.8, 4) is 0 Å². The standard InChI is InChI=1S/C10H14N2O2S/c1-8(11-6-7-15)9-2-4-10(5-3-9)12(13)14/h2-5,8,11,15H,6-7H2,1H3. The summed E-state index contributed by atoms with van der Waals surface area (Å²) in [6.45, 7) is 2.84. The average Bonchev–Trinajstić information content (AvgIpc) is 2.26. The molecule has 0 spiro atoms. The summed E-state index contributed by atoms with van der Waals surface area (Å²) < 4.78 is 0. The lowest BCUT2D eigenvalue weighted by atomic mass is 10.1. The molecule has 0 aliphatic rings. The van der Waals surface area contributed by atoms with Crippen LogP contribution >= 0.6 is 12.6 Å². The van der Waals surface area contributed by atoms with Crippen molar-refractivity contribution in [2.75, 3.05) is 12.3 Å². The molecule has 82 valence electrons. The van der Waals surface area contributed by atoms with Crippen molar-refractivity contribution in [2.45, 2.75) is 13.0 Å². The number of hydrogen-bond donors (Lipinski definition) is 2. The van der Waals surface area contributed by atoms with Gasteiger partial charge in [-0.15, -0.1) is 0 Å². The Morgan fingerprint density at radius 1 is 1.47 bits per heavy atom. The number of benzene rings is 1. The first kappa shape index (κ1) is 12.0. The van der Waals surface area contributed by atoms with Gasteiger partial charge in [0, 0.05) is 30.5 Å². The molecule has 1 N–H and O–H groups in total. The number of non-ortho nitro benzene ring substituents is 1. The Morgan fingerprint density at radius 2 is 2.07 bits per heavy atom. The summed E-state index contributed by atoms with van der Waals surface area (Å²) in [5.41, 5.74) is 1.17. The Bertz CT molecular complexity index is 327. The molecule has 1 atom stereocenters. The van der Waals surface area contributed by atoms with E-state index in [1.54, 1.807) is 12.1 Å². The molecule has 5 heteroatoms. The lowest BCUT2D eigenvalue weighted by molar-refractivity contribution is -0.384. The molecular weight excluding hydrogens is 212 g/mol. The van der Waals surface area contributed by atoms with Crippen LogP contribution < -0.4 is 5.32 Å². The number of nitrogens with zero attached hydrogens (tertiary/aromatic N) is 1. The normalized spacial score (nSPS) is 12.4. The number of thiol groups is 1. The molecule has 0 radical (unpaired) electrons. The molecule has 0 saturated heterocycles. The van der Waals surface area contributed by atoms with E-state index in [9.17, 15) is 10.1 Å². The molecule has 15 heavy (non-hydrogen) atoms. The average molecular weight is 226 g/mol. The summed E-state index contributed by atoms with van der Waals surface area (Å²) in [4.78, 5) is 10.0. The van der Waals surface area contributed by atoms with Gasteiger partial charge in [0.25, 0.3) is 5.69 Å². The molecule has 4 nitrogen and oxygen atoms in total. The lowest BCUT2D eigenvalue weighted by Crippen LogP contribution is -2.20. The fraction of sp³-hybridized carbons (Fsp3) is 0.400. The predicted molar refractivity (Wildman–Crippen MR) is 63.4 cm³/mol. The molecule has 0 heterocycles. The highest BCUT2D eigenvalue weighted by molar-refractivity contribution is 7.80. The summed E-state index contributed by atoms with van der Waals surface area (Å²) in [5.74, 6) is 0.775. The van der Waals surface area contributed by atoms with Crippen LogP contribution in [0.15, 0.2) is 24.3 Å². The second-order valence-corrected chi connectivity index (χ2v) is 3.70. The number of nitro groups is 1. The molecule has 1 rings (SSSR count). The largest absolute Gasteiger partial charge is 0.309 e. The van der Waals surface area contributed by atoms with E-state index in [-0.39, 0.29) is 11.7 Å². The van der Waals surface area contributed by atoms with Crippen LogP contribution in [0.25, 0.3) is 0 Å². The highest BCUT2D eigenvalue weighted by atomic mass is 32.1. The molecule has 1 aromatic rings. The summed E-state index contributed by atoms with van der Waals surface area (Å²) in [6.07, 6.45) is 0. The molecule has 1 aromatic carbocycles. The van der Waals surface area contributed by atoms with Crippen molar-refractivity contribution in [1.29, 1.82) is 0 Å². The Kier molecular flexibility index (Phi) is 4.58. The van der Waals surface area contributed by atoms with E-state index < -0.39 is 4.92 Å². The zero-order chi connectivity index (χ0) is 11.3. The van der Waals surface area contributed by atoms with Gasteiger partial charge < -0.3 is 5.32 Å². The Balaban J connectivity index is 2.66. The molecular formula is C10H14N2O2S. The van der Waals surface area contributed by atoms with Crippen LogP contribution in [-0.4, -0.2) is 17.2 Å². The van der Waals surface area contributed by atoms with Gasteiger partial charge in [-0.3, -0.25) is 10.1 Å².